The standard InChI is InChI=1S/C15H14F3N3O2/c1-8(22)20-10-3-5-14(23)13(7-10)21-12-4-2-9(6-11(12)19)15(16,17)18/h2-7,21,23H,19H2,1H3,(H,20,22). The highest BCUT2D eigenvalue weighted by Gasteiger charge is 2.30. The van der Waals surface area contributed by atoms with Crippen LogP contribution in [0.3, 0.4) is 0 Å². The van der Waals surface area contributed by atoms with Gasteiger partial charge in [0.15, 0.2) is 0 Å². The smallest absolute Gasteiger partial charge is 0.416 e. The highest BCUT2D eigenvalue weighted by Crippen LogP contribution is 2.35. The Morgan fingerprint density at radius 1 is 1.13 bits per heavy atom. The molecule has 0 unspecified atom stereocenters. The molecule has 1 amide bonds. The Morgan fingerprint density at radius 3 is 2.39 bits per heavy atom. The summed E-state index contributed by atoms with van der Waals surface area (Å²) in [5.41, 5.74) is 5.45. The predicted octanol–water partition coefficient (Wildman–Crippen LogP) is 3.70. The van der Waals surface area contributed by atoms with Crippen LogP contribution in [0.5, 0.6) is 5.75 Å². The molecule has 2 rings (SSSR count). The molecule has 2 aromatic rings. The summed E-state index contributed by atoms with van der Waals surface area (Å²) in [5.74, 6) is -0.436. The number of nitrogens with one attached hydrogen (secondary N) is 2. The van der Waals surface area contributed by atoms with Crippen LogP contribution < -0.4 is 16.4 Å². The van der Waals surface area contributed by atoms with Crippen molar-refractivity contribution < 1.29 is 23.1 Å². The zero-order valence-electron chi connectivity index (χ0n) is 12.0. The van der Waals surface area contributed by atoms with E-state index < -0.39 is 11.7 Å². The number of nitrogen functional groups attached to an aromatic ring is 1. The van der Waals surface area contributed by atoms with E-state index in [-0.39, 0.29) is 28.7 Å². The number of carbonyl (C=O) groups is 1. The van der Waals surface area contributed by atoms with Crippen molar-refractivity contribution in [2.24, 2.45) is 0 Å². The predicted molar refractivity (Wildman–Crippen MR) is 81.5 cm³/mol. The third-order valence-electron chi connectivity index (χ3n) is 2.97. The molecule has 0 aliphatic carbocycles. The summed E-state index contributed by atoms with van der Waals surface area (Å²) in [7, 11) is 0. The van der Waals surface area contributed by atoms with Crippen LogP contribution >= 0.6 is 0 Å². The van der Waals surface area contributed by atoms with Gasteiger partial charge in [0.05, 0.1) is 22.6 Å². The zero-order chi connectivity index (χ0) is 17.2. The average molecular weight is 325 g/mol. The van der Waals surface area contributed by atoms with E-state index in [1.54, 1.807) is 0 Å². The molecular weight excluding hydrogens is 311 g/mol. The number of hydrogen-bond donors (Lipinski definition) is 4. The SMILES string of the molecule is CC(=O)Nc1ccc(O)c(Nc2ccc(C(F)(F)F)cc2N)c1. The number of hydrogen-bond acceptors (Lipinski definition) is 4. The van der Waals surface area contributed by atoms with E-state index in [2.05, 4.69) is 10.6 Å². The number of benzene rings is 2. The van der Waals surface area contributed by atoms with Crippen molar-refractivity contribution in [2.45, 2.75) is 13.1 Å². The molecular formula is C15H14F3N3O2. The quantitative estimate of drug-likeness (QED) is 0.394. The van der Waals surface area contributed by atoms with Crippen molar-refractivity contribution in [1.29, 1.82) is 0 Å². The minimum Gasteiger partial charge on any atom is -0.506 e. The first kappa shape index (κ1) is 16.5. The maximum atomic E-state index is 12.6. The Labute approximate surface area is 129 Å². The first-order chi connectivity index (χ1) is 10.7. The number of phenols is 1. The molecule has 0 aliphatic rings. The lowest BCUT2D eigenvalue weighted by Gasteiger charge is -2.14. The topological polar surface area (TPSA) is 87.4 Å². The molecule has 0 heterocycles. The maximum absolute atomic E-state index is 12.6. The molecule has 0 saturated carbocycles. The number of rotatable bonds is 3. The molecule has 0 aromatic heterocycles. The van der Waals surface area contributed by atoms with Crippen LogP contribution in [-0.4, -0.2) is 11.0 Å². The Morgan fingerprint density at radius 2 is 1.83 bits per heavy atom. The average Bonchev–Trinajstić information content (AvgIpc) is 2.43. The van der Waals surface area contributed by atoms with Gasteiger partial charge in [0.2, 0.25) is 5.91 Å². The Kier molecular flexibility index (Phi) is 4.35. The number of phenolic OH excluding ortho intramolecular Hbond substituents is 1. The molecule has 0 bridgehead atoms. The minimum absolute atomic E-state index is 0.121. The lowest BCUT2D eigenvalue weighted by atomic mass is 10.1. The second-order valence-corrected chi connectivity index (χ2v) is 4.84. The normalized spacial score (nSPS) is 11.1. The van der Waals surface area contributed by atoms with Gasteiger partial charge in [-0.15, -0.1) is 0 Å². The van der Waals surface area contributed by atoms with Gasteiger partial charge < -0.3 is 21.5 Å². The van der Waals surface area contributed by atoms with Crippen LogP contribution in [0.15, 0.2) is 36.4 Å². The molecule has 0 aliphatic heterocycles. The van der Waals surface area contributed by atoms with Crippen molar-refractivity contribution in [3.63, 3.8) is 0 Å². The summed E-state index contributed by atoms with van der Waals surface area (Å²) >= 11 is 0. The van der Waals surface area contributed by atoms with E-state index in [1.165, 1.54) is 31.2 Å². The minimum atomic E-state index is -4.49. The van der Waals surface area contributed by atoms with Gasteiger partial charge in [-0.25, -0.2) is 0 Å². The van der Waals surface area contributed by atoms with Crippen LogP contribution in [0, 0.1) is 0 Å². The van der Waals surface area contributed by atoms with E-state index in [0.717, 1.165) is 12.1 Å². The fourth-order valence-corrected chi connectivity index (χ4v) is 1.92. The second kappa shape index (κ2) is 6.07. The first-order valence-corrected chi connectivity index (χ1v) is 6.51. The molecule has 0 radical (unpaired) electrons. The first-order valence-electron chi connectivity index (χ1n) is 6.51. The van der Waals surface area contributed by atoms with Crippen molar-refractivity contribution >= 4 is 28.7 Å². The molecule has 0 spiro atoms. The molecule has 23 heavy (non-hydrogen) atoms. The molecule has 8 heteroatoms. The number of nitrogens with two attached hydrogens (primary N) is 1. The third kappa shape index (κ3) is 4.06. The number of amides is 1. The number of alkyl halides is 3. The fraction of sp³-hybridized carbons (Fsp3) is 0.133. The number of aromatic hydroxyl groups is 1. The van der Waals surface area contributed by atoms with Gasteiger partial charge in [0.1, 0.15) is 5.75 Å². The Balaban J connectivity index is 2.30. The highest BCUT2D eigenvalue weighted by molar-refractivity contribution is 5.90. The van der Waals surface area contributed by atoms with Gasteiger partial charge in [0, 0.05) is 12.6 Å². The van der Waals surface area contributed by atoms with Crippen LogP contribution in [0.4, 0.5) is 35.9 Å². The third-order valence-corrected chi connectivity index (χ3v) is 2.97. The Hall–Kier alpha value is -2.90. The van der Waals surface area contributed by atoms with E-state index >= 15 is 0 Å². The summed E-state index contributed by atoms with van der Waals surface area (Å²) in [6, 6.07) is 7.12. The molecule has 122 valence electrons. The molecule has 2 aromatic carbocycles. The van der Waals surface area contributed by atoms with Gasteiger partial charge in [-0.2, -0.15) is 13.2 Å². The molecule has 5 N–H and O–H groups in total. The van der Waals surface area contributed by atoms with Gasteiger partial charge in [0.25, 0.3) is 0 Å². The molecule has 0 saturated heterocycles. The number of carbonyl (C=O) groups excluding carboxylic acids is 1. The van der Waals surface area contributed by atoms with Crippen LogP contribution in [-0.2, 0) is 11.0 Å². The van der Waals surface area contributed by atoms with E-state index in [4.69, 9.17) is 5.73 Å². The second-order valence-electron chi connectivity index (χ2n) is 4.84. The van der Waals surface area contributed by atoms with E-state index in [9.17, 15) is 23.1 Å². The Bertz CT molecular complexity index is 745. The fourth-order valence-electron chi connectivity index (χ4n) is 1.92. The van der Waals surface area contributed by atoms with Gasteiger partial charge in [-0.05, 0) is 36.4 Å². The van der Waals surface area contributed by atoms with Crippen LogP contribution in [0.25, 0.3) is 0 Å². The summed E-state index contributed by atoms with van der Waals surface area (Å²) in [6.07, 6.45) is -4.49. The molecule has 0 fully saturated rings. The van der Waals surface area contributed by atoms with E-state index in [0.29, 0.717) is 5.69 Å². The summed E-state index contributed by atoms with van der Waals surface area (Å²) in [6.45, 7) is 1.33. The van der Waals surface area contributed by atoms with Gasteiger partial charge in [-0.1, -0.05) is 0 Å². The summed E-state index contributed by atoms with van der Waals surface area (Å²) in [4.78, 5) is 11.0. The van der Waals surface area contributed by atoms with Gasteiger partial charge >= 0.3 is 6.18 Å². The number of halogens is 3. The van der Waals surface area contributed by atoms with Crippen molar-refractivity contribution in [3.05, 3.63) is 42.0 Å². The summed E-state index contributed by atoms with van der Waals surface area (Å²) < 4.78 is 37.8. The zero-order valence-corrected chi connectivity index (χ0v) is 12.0. The van der Waals surface area contributed by atoms with Crippen molar-refractivity contribution in [1.82, 2.24) is 0 Å². The number of anilines is 4. The largest absolute Gasteiger partial charge is 0.506 e. The van der Waals surface area contributed by atoms with Crippen molar-refractivity contribution in [2.75, 3.05) is 16.4 Å². The lowest BCUT2D eigenvalue weighted by Crippen LogP contribution is -2.07. The highest BCUT2D eigenvalue weighted by atomic mass is 19.4. The monoisotopic (exact) mass is 325 g/mol. The maximum Gasteiger partial charge on any atom is 0.416 e. The van der Waals surface area contributed by atoms with Crippen molar-refractivity contribution in [3.8, 4) is 5.75 Å². The molecule has 5 nitrogen and oxygen atoms in total. The molecule has 0 atom stereocenters. The van der Waals surface area contributed by atoms with Crippen LogP contribution in [0.1, 0.15) is 12.5 Å². The summed E-state index contributed by atoms with van der Waals surface area (Å²) in [5, 5.41) is 15.1. The van der Waals surface area contributed by atoms with Crippen LogP contribution in [0.2, 0.25) is 0 Å². The van der Waals surface area contributed by atoms with E-state index in [1.807, 2.05) is 0 Å². The lowest BCUT2D eigenvalue weighted by molar-refractivity contribution is -0.137. The van der Waals surface area contributed by atoms with Gasteiger partial charge in [-0.3, -0.25) is 4.79 Å².